The van der Waals surface area contributed by atoms with Gasteiger partial charge in [-0.25, -0.2) is 0 Å². The minimum atomic E-state index is -0.469. The molecule has 3 fully saturated rings. The highest BCUT2D eigenvalue weighted by atomic mass is 32.2. The number of amides is 3. The van der Waals surface area contributed by atoms with Crippen LogP contribution >= 0.6 is 11.8 Å². The molecular weight excluding hydrogens is 426 g/mol. The molecule has 8 nitrogen and oxygen atoms in total. The molecule has 0 radical (unpaired) electrons. The topological polar surface area (TPSA) is 105 Å². The van der Waals surface area contributed by atoms with Crippen LogP contribution in [0.25, 0.3) is 0 Å². The first-order valence-electron chi connectivity index (χ1n) is 11.1. The molecule has 3 amide bonds. The smallest absolute Gasteiger partial charge is 0.268 e. The van der Waals surface area contributed by atoms with Gasteiger partial charge in [0.1, 0.15) is 11.7 Å². The Kier molecular flexibility index (Phi) is 5.67. The Labute approximate surface area is 190 Å². The van der Waals surface area contributed by atoms with Crippen molar-refractivity contribution in [2.45, 2.75) is 50.4 Å². The predicted molar refractivity (Wildman–Crippen MR) is 121 cm³/mol. The molecule has 3 N–H and O–H groups in total. The lowest BCUT2D eigenvalue weighted by atomic mass is 9.49. The number of carbonyl (C=O) groups is 3. The molecule has 2 unspecified atom stereocenters. The number of hydrogen-bond donors (Lipinski definition) is 3. The van der Waals surface area contributed by atoms with Crippen LogP contribution in [0, 0.1) is 5.41 Å². The van der Waals surface area contributed by atoms with Gasteiger partial charge in [0.15, 0.2) is 0 Å². The second kappa shape index (κ2) is 8.61. The number of aromatic nitrogens is 2. The highest BCUT2D eigenvalue weighted by Gasteiger charge is 2.59. The van der Waals surface area contributed by atoms with E-state index in [9.17, 15) is 14.4 Å². The Hall–Kier alpha value is -2.81. The van der Waals surface area contributed by atoms with E-state index in [0.29, 0.717) is 23.7 Å². The van der Waals surface area contributed by atoms with Gasteiger partial charge in [0.05, 0.1) is 5.75 Å². The fourth-order valence-electron chi connectivity index (χ4n) is 5.11. The molecule has 2 aromatic heterocycles. The molecule has 2 aliphatic carbocycles. The summed E-state index contributed by atoms with van der Waals surface area (Å²) in [5, 5.41) is 9.16. The minimum absolute atomic E-state index is 0.0430. The van der Waals surface area contributed by atoms with E-state index in [1.165, 1.54) is 11.8 Å². The molecule has 1 aliphatic heterocycles. The van der Waals surface area contributed by atoms with Crippen molar-refractivity contribution >= 4 is 29.5 Å². The largest absolute Gasteiger partial charge is 0.351 e. The summed E-state index contributed by atoms with van der Waals surface area (Å²) in [5.74, 6) is 0.729. The van der Waals surface area contributed by atoms with Gasteiger partial charge in [0.2, 0.25) is 11.8 Å². The van der Waals surface area contributed by atoms with Crippen LogP contribution in [0.3, 0.4) is 0 Å². The fraction of sp³-hybridized carbons (Fsp3) is 0.478. The van der Waals surface area contributed by atoms with Crippen molar-refractivity contribution < 1.29 is 14.4 Å². The molecule has 0 bridgehead atoms. The molecule has 32 heavy (non-hydrogen) atoms. The summed E-state index contributed by atoms with van der Waals surface area (Å²) in [6.45, 7) is 0.609. The third-order valence-corrected chi connectivity index (χ3v) is 8.13. The minimum Gasteiger partial charge on any atom is -0.351 e. The van der Waals surface area contributed by atoms with Crippen molar-refractivity contribution in [3.63, 3.8) is 0 Å². The molecule has 3 heterocycles. The van der Waals surface area contributed by atoms with Gasteiger partial charge >= 0.3 is 0 Å². The van der Waals surface area contributed by atoms with Crippen molar-refractivity contribution in [2.24, 2.45) is 5.41 Å². The number of hydrogen-bond acceptors (Lipinski definition) is 5. The van der Waals surface area contributed by atoms with Crippen molar-refractivity contribution in [3.8, 4) is 0 Å². The molecule has 2 saturated carbocycles. The molecule has 5 rings (SSSR count). The Bertz CT molecular complexity index is 1020. The maximum Gasteiger partial charge on any atom is 0.268 e. The normalized spacial score (nSPS) is 25.9. The number of nitrogens with zero attached hydrogens (tertiary/aromatic N) is 2. The monoisotopic (exact) mass is 453 g/mol. The number of pyridine rings is 1. The molecule has 1 spiro atoms. The van der Waals surface area contributed by atoms with Crippen molar-refractivity contribution in [1.29, 1.82) is 0 Å². The highest BCUT2D eigenvalue weighted by Crippen LogP contribution is 2.56. The van der Waals surface area contributed by atoms with Crippen LogP contribution in [0.15, 0.2) is 42.9 Å². The second-order valence-electron chi connectivity index (χ2n) is 8.92. The van der Waals surface area contributed by atoms with Crippen LogP contribution in [-0.4, -0.2) is 56.9 Å². The summed E-state index contributed by atoms with van der Waals surface area (Å²) >= 11 is 1.49. The molecule has 1 saturated heterocycles. The maximum atomic E-state index is 13.1. The van der Waals surface area contributed by atoms with Crippen LogP contribution < -0.4 is 16.0 Å². The highest BCUT2D eigenvalue weighted by molar-refractivity contribution is 8.00. The zero-order valence-electron chi connectivity index (χ0n) is 17.8. The van der Waals surface area contributed by atoms with Crippen molar-refractivity contribution in [2.75, 3.05) is 11.5 Å². The number of carbonyl (C=O) groups excluding carboxylic acids is 3. The van der Waals surface area contributed by atoms with Crippen LogP contribution in [0.2, 0.25) is 0 Å². The summed E-state index contributed by atoms with van der Waals surface area (Å²) in [4.78, 5) is 41.4. The van der Waals surface area contributed by atoms with Crippen LogP contribution in [0.4, 0.5) is 0 Å². The maximum absolute atomic E-state index is 13.1. The van der Waals surface area contributed by atoms with E-state index in [0.717, 1.165) is 31.2 Å². The summed E-state index contributed by atoms with van der Waals surface area (Å²) in [6.07, 6.45) is 9.22. The number of thioether (sulfide) groups is 1. The van der Waals surface area contributed by atoms with E-state index in [4.69, 9.17) is 0 Å². The van der Waals surface area contributed by atoms with E-state index in [2.05, 4.69) is 20.9 Å². The third-order valence-electron chi connectivity index (χ3n) is 7.10. The van der Waals surface area contributed by atoms with Gasteiger partial charge in [-0.3, -0.25) is 19.4 Å². The first-order chi connectivity index (χ1) is 15.5. The van der Waals surface area contributed by atoms with Gasteiger partial charge in [-0.1, -0.05) is 6.42 Å². The molecule has 0 aromatic carbocycles. The van der Waals surface area contributed by atoms with Gasteiger partial charge in [0, 0.05) is 48.4 Å². The van der Waals surface area contributed by atoms with Crippen LogP contribution in [0.5, 0.6) is 0 Å². The van der Waals surface area contributed by atoms with Gasteiger partial charge in [-0.2, -0.15) is 0 Å². The molecule has 9 heteroatoms. The SMILES string of the molecule is O=C1CSC[C@@H](C(=O)NC2CC(NC(=O)c3cccn3Cc3ccncc3)C23CCC3)N1. The summed E-state index contributed by atoms with van der Waals surface area (Å²) in [7, 11) is 0. The van der Waals surface area contributed by atoms with Gasteiger partial charge < -0.3 is 20.5 Å². The molecule has 3 aliphatic rings. The van der Waals surface area contributed by atoms with Crippen molar-refractivity contribution in [3.05, 3.63) is 54.1 Å². The van der Waals surface area contributed by atoms with E-state index in [-0.39, 0.29) is 35.2 Å². The third kappa shape index (κ3) is 3.90. The van der Waals surface area contributed by atoms with Crippen LogP contribution in [-0.2, 0) is 16.1 Å². The van der Waals surface area contributed by atoms with Gasteiger partial charge in [-0.15, -0.1) is 11.8 Å². The summed E-state index contributed by atoms with van der Waals surface area (Å²) in [5.41, 5.74) is 1.64. The zero-order valence-corrected chi connectivity index (χ0v) is 18.6. The lowest BCUT2D eigenvalue weighted by molar-refractivity contribution is -0.133. The predicted octanol–water partition coefficient (Wildman–Crippen LogP) is 1.32. The molecule has 3 atom stereocenters. The first kappa shape index (κ1) is 21.1. The molecule has 168 valence electrons. The Morgan fingerprint density at radius 2 is 1.97 bits per heavy atom. The Morgan fingerprint density at radius 1 is 1.19 bits per heavy atom. The zero-order chi connectivity index (χ0) is 22.1. The molecular formula is C23H27N5O3S. The van der Waals surface area contributed by atoms with E-state index < -0.39 is 6.04 Å². The van der Waals surface area contributed by atoms with Gasteiger partial charge in [0.25, 0.3) is 5.91 Å². The second-order valence-corrected chi connectivity index (χ2v) is 9.95. The summed E-state index contributed by atoms with van der Waals surface area (Å²) < 4.78 is 1.94. The Balaban J connectivity index is 1.21. The van der Waals surface area contributed by atoms with E-state index in [1.807, 2.05) is 35.0 Å². The average molecular weight is 454 g/mol. The van der Waals surface area contributed by atoms with Crippen molar-refractivity contribution in [1.82, 2.24) is 25.5 Å². The molecule has 2 aromatic rings. The number of rotatable bonds is 6. The van der Waals surface area contributed by atoms with Crippen LogP contribution in [0.1, 0.15) is 41.7 Å². The fourth-order valence-corrected chi connectivity index (χ4v) is 5.97. The van der Waals surface area contributed by atoms with E-state index >= 15 is 0 Å². The first-order valence-corrected chi connectivity index (χ1v) is 12.2. The van der Waals surface area contributed by atoms with E-state index in [1.54, 1.807) is 12.4 Å². The van der Waals surface area contributed by atoms with Gasteiger partial charge in [-0.05, 0) is 49.1 Å². The lowest BCUT2D eigenvalue weighted by Gasteiger charge is -2.61. The summed E-state index contributed by atoms with van der Waals surface area (Å²) in [6, 6.07) is 7.23. The Morgan fingerprint density at radius 3 is 2.69 bits per heavy atom. The number of nitrogens with one attached hydrogen (secondary N) is 3. The standard InChI is InChI=1S/C23H27N5O3S/c29-20-14-32-13-16(25-20)21(30)26-18-11-19(23(18)6-2-7-23)27-22(31)17-3-1-10-28(17)12-15-4-8-24-9-5-15/h1,3-5,8-10,16,18-19H,2,6-7,11-14H2,(H,25,29)(H,26,30)(H,27,31)/t16-,18?,19?/m0/s1. The quantitative estimate of drug-likeness (QED) is 0.612. The average Bonchev–Trinajstić information content (AvgIpc) is 3.20. The lowest BCUT2D eigenvalue weighted by Crippen LogP contribution is -2.72.